The Balaban J connectivity index is 2.22. The zero-order valence-corrected chi connectivity index (χ0v) is 12.9. The topological polar surface area (TPSA) is 137 Å². The van der Waals surface area contributed by atoms with E-state index in [1.54, 1.807) is 18.2 Å². The molecule has 0 aliphatic carbocycles. The maximum atomic E-state index is 11.4. The van der Waals surface area contributed by atoms with Crippen LogP contribution in [0.25, 0.3) is 6.08 Å². The molecule has 1 aliphatic rings. The number of aryl methyl sites for hydroxylation is 1. The van der Waals surface area contributed by atoms with Gasteiger partial charge in [0.1, 0.15) is 24.4 Å². The van der Waals surface area contributed by atoms with E-state index in [1.807, 2.05) is 13.0 Å². The molecule has 1 heterocycles. The van der Waals surface area contributed by atoms with E-state index in [9.17, 15) is 25.2 Å². The number of carboxylic acids is 1. The van der Waals surface area contributed by atoms with Crippen LogP contribution < -0.4 is 0 Å². The minimum atomic E-state index is -1.68. The summed E-state index contributed by atoms with van der Waals surface area (Å²) in [5.41, 5.74) is 1.48. The van der Waals surface area contributed by atoms with Gasteiger partial charge in [-0.15, -0.1) is 0 Å². The van der Waals surface area contributed by atoms with E-state index in [4.69, 9.17) is 14.6 Å². The van der Waals surface area contributed by atoms with Gasteiger partial charge < -0.3 is 35.0 Å². The molecule has 0 spiro atoms. The molecular weight excluding hydrogens is 320 g/mol. The molecule has 0 radical (unpaired) electrons. The van der Waals surface area contributed by atoms with Crippen molar-refractivity contribution in [2.24, 2.45) is 0 Å². The molecule has 5 atom stereocenters. The summed E-state index contributed by atoms with van der Waals surface area (Å²) in [5.74, 6) is -1.90. The third-order valence-corrected chi connectivity index (χ3v) is 3.64. The van der Waals surface area contributed by atoms with Gasteiger partial charge in [-0.25, -0.2) is 4.79 Å². The van der Waals surface area contributed by atoms with Crippen LogP contribution in [0.2, 0.25) is 0 Å². The van der Waals surface area contributed by atoms with Crippen LogP contribution in [0.5, 0.6) is 0 Å². The van der Waals surface area contributed by atoms with Crippen molar-refractivity contribution in [3.63, 3.8) is 0 Å². The van der Waals surface area contributed by atoms with Crippen molar-refractivity contribution in [1.82, 2.24) is 0 Å². The minimum Gasteiger partial charge on any atom is -0.475 e. The van der Waals surface area contributed by atoms with E-state index in [0.29, 0.717) is 5.56 Å². The Labute approximate surface area is 138 Å². The number of ether oxygens (including phenoxy) is 2. The van der Waals surface area contributed by atoms with Crippen LogP contribution in [0.4, 0.5) is 0 Å². The van der Waals surface area contributed by atoms with Gasteiger partial charge in [-0.05, 0) is 18.6 Å². The molecule has 5 N–H and O–H groups in total. The molecule has 0 unspecified atom stereocenters. The number of aliphatic hydroxyl groups is 4. The second-order valence-corrected chi connectivity index (χ2v) is 5.54. The van der Waals surface area contributed by atoms with Crippen molar-refractivity contribution in [2.75, 3.05) is 6.61 Å². The first-order valence-electron chi connectivity index (χ1n) is 7.32. The van der Waals surface area contributed by atoms with Gasteiger partial charge in [-0.3, -0.25) is 0 Å². The van der Waals surface area contributed by atoms with Crippen molar-refractivity contribution in [3.05, 3.63) is 41.2 Å². The molecule has 0 saturated carbocycles. The Morgan fingerprint density at radius 1 is 1.25 bits per heavy atom. The second kappa shape index (κ2) is 7.73. The largest absolute Gasteiger partial charge is 0.475 e. The predicted molar refractivity (Wildman–Crippen MR) is 81.6 cm³/mol. The second-order valence-electron chi connectivity index (χ2n) is 5.54. The van der Waals surface area contributed by atoms with Gasteiger partial charge in [0.2, 0.25) is 12.0 Å². The van der Waals surface area contributed by atoms with Crippen molar-refractivity contribution >= 4 is 12.0 Å². The van der Waals surface area contributed by atoms with Gasteiger partial charge in [0, 0.05) is 0 Å². The standard InChI is InChI=1S/C16H20O8/c1-8-3-2-4-9(5-8)6-10(15(21)22)23-16-14(20)13(19)12(18)11(7-17)24-16/h2-6,11-14,16-20H,7H2,1H3,(H,21,22)/t11-,12-,13+,14-,16-/m0/s1. The van der Waals surface area contributed by atoms with E-state index >= 15 is 0 Å². The Hall–Kier alpha value is -1.97. The molecule has 1 saturated heterocycles. The fourth-order valence-corrected chi connectivity index (χ4v) is 2.35. The van der Waals surface area contributed by atoms with Crippen LogP contribution >= 0.6 is 0 Å². The summed E-state index contributed by atoms with van der Waals surface area (Å²) in [4.78, 5) is 11.4. The molecule has 24 heavy (non-hydrogen) atoms. The SMILES string of the molecule is Cc1cccc(C=C(O[C@H]2O[C@@H](CO)[C@H](O)[C@@H](O)[C@@H]2O)C(=O)O)c1. The first kappa shape index (κ1) is 18.4. The molecular formula is C16H20O8. The van der Waals surface area contributed by atoms with E-state index < -0.39 is 49.0 Å². The van der Waals surface area contributed by atoms with Crippen LogP contribution in [0.1, 0.15) is 11.1 Å². The van der Waals surface area contributed by atoms with E-state index in [2.05, 4.69) is 0 Å². The maximum Gasteiger partial charge on any atom is 0.371 e. The summed E-state index contributed by atoms with van der Waals surface area (Å²) in [7, 11) is 0. The van der Waals surface area contributed by atoms with Crippen LogP contribution in [0.15, 0.2) is 30.0 Å². The van der Waals surface area contributed by atoms with E-state index in [-0.39, 0.29) is 0 Å². The third-order valence-electron chi connectivity index (χ3n) is 3.64. The lowest BCUT2D eigenvalue weighted by atomic mass is 9.99. The number of benzene rings is 1. The number of rotatable bonds is 5. The number of hydrogen-bond donors (Lipinski definition) is 5. The summed E-state index contributed by atoms with van der Waals surface area (Å²) in [5, 5.41) is 47.7. The molecule has 0 amide bonds. The summed E-state index contributed by atoms with van der Waals surface area (Å²) in [6.07, 6.45) is -6.34. The molecule has 1 aromatic carbocycles. The average Bonchev–Trinajstić information content (AvgIpc) is 2.54. The first-order chi connectivity index (χ1) is 11.3. The van der Waals surface area contributed by atoms with Gasteiger partial charge in [0.05, 0.1) is 6.61 Å². The molecule has 1 fully saturated rings. The molecule has 2 rings (SSSR count). The van der Waals surface area contributed by atoms with Gasteiger partial charge in [-0.1, -0.05) is 29.8 Å². The lowest BCUT2D eigenvalue weighted by Crippen LogP contribution is -2.59. The van der Waals surface area contributed by atoms with Crippen LogP contribution in [-0.4, -0.2) is 68.8 Å². The van der Waals surface area contributed by atoms with Gasteiger partial charge >= 0.3 is 5.97 Å². The zero-order chi connectivity index (χ0) is 17.9. The van der Waals surface area contributed by atoms with Gasteiger partial charge in [-0.2, -0.15) is 0 Å². The molecule has 1 aliphatic heterocycles. The number of aliphatic hydroxyl groups excluding tert-OH is 4. The Kier molecular flexibility index (Phi) is 5.92. The highest BCUT2D eigenvalue weighted by molar-refractivity contribution is 5.89. The summed E-state index contributed by atoms with van der Waals surface area (Å²) >= 11 is 0. The third kappa shape index (κ3) is 4.11. The first-order valence-corrected chi connectivity index (χ1v) is 7.32. The highest BCUT2D eigenvalue weighted by Gasteiger charge is 2.45. The summed E-state index contributed by atoms with van der Waals surface area (Å²) in [6.45, 7) is 1.21. The van der Waals surface area contributed by atoms with Crippen molar-refractivity contribution < 1.29 is 39.8 Å². The minimum absolute atomic E-state index is 0.509. The molecule has 8 nitrogen and oxygen atoms in total. The van der Waals surface area contributed by atoms with Crippen LogP contribution in [0, 0.1) is 6.92 Å². The highest BCUT2D eigenvalue weighted by Crippen LogP contribution is 2.24. The van der Waals surface area contributed by atoms with Crippen molar-refractivity contribution in [2.45, 2.75) is 37.6 Å². The van der Waals surface area contributed by atoms with Crippen molar-refractivity contribution in [3.8, 4) is 0 Å². The highest BCUT2D eigenvalue weighted by atomic mass is 16.7. The Morgan fingerprint density at radius 2 is 1.96 bits per heavy atom. The summed E-state index contributed by atoms with van der Waals surface area (Å²) in [6, 6.07) is 7.00. The fraction of sp³-hybridized carbons (Fsp3) is 0.438. The smallest absolute Gasteiger partial charge is 0.371 e. The zero-order valence-electron chi connectivity index (χ0n) is 12.9. The number of carboxylic acid groups (broad SMARTS) is 1. The quantitative estimate of drug-likeness (QED) is 0.348. The Bertz CT molecular complexity index is 612. The predicted octanol–water partition coefficient (Wildman–Crippen LogP) is -0.763. The number of aliphatic carboxylic acids is 1. The number of hydrogen-bond acceptors (Lipinski definition) is 7. The van der Waals surface area contributed by atoms with Crippen LogP contribution in [0.3, 0.4) is 0 Å². The lowest BCUT2D eigenvalue weighted by molar-refractivity contribution is -0.291. The van der Waals surface area contributed by atoms with Crippen molar-refractivity contribution in [1.29, 1.82) is 0 Å². The van der Waals surface area contributed by atoms with Gasteiger partial charge in [0.25, 0.3) is 0 Å². The lowest BCUT2D eigenvalue weighted by Gasteiger charge is -2.39. The average molecular weight is 340 g/mol. The summed E-state index contributed by atoms with van der Waals surface area (Å²) < 4.78 is 10.3. The molecule has 8 heteroatoms. The van der Waals surface area contributed by atoms with Gasteiger partial charge in [0.15, 0.2) is 0 Å². The Morgan fingerprint density at radius 3 is 2.54 bits per heavy atom. The maximum absolute atomic E-state index is 11.4. The van der Waals surface area contributed by atoms with E-state index in [1.165, 1.54) is 6.08 Å². The number of carbonyl (C=O) groups is 1. The molecule has 0 bridgehead atoms. The fourth-order valence-electron chi connectivity index (χ4n) is 2.35. The van der Waals surface area contributed by atoms with Crippen LogP contribution in [-0.2, 0) is 14.3 Å². The monoisotopic (exact) mass is 340 g/mol. The molecule has 1 aromatic rings. The van der Waals surface area contributed by atoms with E-state index in [0.717, 1.165) is 5.56 Å². The molecule has 0 aromatic heterocycles. The molecule has 132 valence electrons. The normalized spacial score (nSPS) is 30.9.